The summed E-state index contributed by atoms with van der Waals surface area (Å²) in [6.45, 7) is 4.03. The minimum absolute atomic E-state index is 0.230. The van der Waals surface area contributed by atoms with Crippen LogP contribution in [0.5, 0.6) is 0 Å². The van der Waals surface area contributed by atoms with Gasteiger partial charge in [0, 0.05) is 6.42 Å². The molecule has 8 heteroatoms. The van der Waals surface area contributed by atoms with Crippen molar-refractivity contribution in [3.8, 4) is 0 Å². The van der Waals surface area contributed by atoms with E-state index in [-0.39, 0.29) is 5.91 Å². The predicted molar refractivity (Wildman–Crippen MR) is 195 cm³/mol. The number of hydrogen-bond donors (Lipinski definition) is 4. The number of phosphoric ester groups is 1. The monoisotopic (exact) mass is 672 g/mol. The lowest BCUT2D eigenvalue weighted by molar-refractivity contribution is -0.123. The maximum absolute atomic E-state index is 12.5. The fraction of sp³-hybridized carbons (Fsp3) is 0.868. The van der Waals surface area contributed by atoms with Crippen molar-refractivity contribution < 1.29 is 28.8 Å². The van der Waals surface area contributed by atoms with E-state index < -0.39 is 26.6 Å². The van der Waals surface area contributed by atoms with Gasteiger partial charge < -0.3 is 20.2 Å². The average Bonchev–Trinajstić information content (AvgIpc) is 3.02. The Balaban J connectivity index is 3.88. The van der Waals surface area contributed by atoms with Crippen LogP contribution in [0.1, 0.15) is 194 Å². The highest BCUT2D eigenvalue weighted by Crippen LogP contribution is 2.35. The van der Waals surface area contributed by atoms with Crippen LogP contribution in [0.4, 0.5) is 0 Å². The fourth-order valence-electron chi connectivity index (χ4n) is 5.69. The standard InChI is InChI=1S/C38H74NO6P/c1-3-5-7-9-11-13-14-15-16-17-18-19-20-21-22-23-24-26-28-30-32-34-38(41)39-36(35-45-46(42,43)44)37(40)33-31-29-27-25-12-10-8-6-4-2/h15-16,31,33,36-37,40H,3-14,17-30,32,34-35H2,1-2H3,(H,39,41)(H2,42,43,44)/b16-15-,33-31+/t36-,37+/m0/s1. The van der Waals surface area contributed by atoms with E-state index in [0.717, 1.165) is 38.5 Å². The first-order valence-corrected chi connectivity index (χ1v) is 20.8. The fourth-order valence-corrected chi connectivity index (χ4v) is 6.04. The normalized spacial score (nSPS) is 13.6. The molecule has 0 heterocycles. The first-order valence-electron chi connectivity index (χ1n) is 19.3. The molecule has 0 aromatic carbocycles. The molecule has 0 aliphatic heterocycles. The second-order valence-electron chi connectivity index (χ2n) is 13.2. The van der Waals surface area contributed by atoms with Gasteiger partial charge in [-0.15, -0.1) is 0 Å². The number of aliphatic hydroxyl groups is 1. The Morgan fingerprint density at radius 1 is 0.609 bits per heavy atom. The number of rotatable bonds is 35. The summed E-state index contributed by atoms with van der Waals surface area (Å²) in [5, 5.41) is 13.3. The molecule has 0 aliphatic rings. The van der Waals surface area contributed by atoms with Gasteiger partial charge in [0.2, 0.25) is 5.91 Å². The van der Waals surface area contributed by atoms with E-state index in [4.69, 9.17) is 9.79 Å². The molecular weight excluding hydrogens is 597 g/mol. The molecule has 0 aromatic heterocycles. The first kappa shape index (κ1) is 45.0. The maximum Gasteiger partial charge on any atom is 0.469 e. The lowest BCUT2D eigenvalue weighted by Crippen LogP contribution is -2.45. The Morgan fingerprint density at radius 2 is 0.978 bits per heavy atom. The summed E-state index contributed by atoms with van der Waals surface area (Å²) in [5.74, 6) is -0.230. The van der Waals surface area contributed by atoms with Gasteiger partial charge in [-0.05, 0) is 44.9 Å². The molecular formula is C38H74NO6P. The van der Waals surface area contributed by atoms with Crippen LogP contribution in [-0.4, -0.2) is 39.6 Å². The molecule has 0 aromatic rings. The second kappa shape index (κ2) is 33.9. The van der Waals surface area contributed by atoms with E-state index in [1.54, 1.807) is 6.08 Å². The molecule has 4 N–H and O–H groups in total. The Hall–Kier alpha value is -0.980. The van der Waals surface area contributed by atoms with Crippen LogP contribution in [0.3, 0.4) is 0 Å². The maximum atomic E-state index is 12.5. The van der Waals surface area contributed by atoms with Gasteiger partial charge in [0.05, 0.1) is 18.8 Å². The summed E-state index contributed by atoms with van der Waals surface area (Å²) in [5.41, 5.74) is 0. The summed E-state index contributed by atoms with van der Waals surface area (Å²) >= 11 is 0. The molecule has 1 amide bonds. The van der Waals surface area contributed by atoms with E-state index in [1.165, 1.54) is 135 Å². The highest BCUT2D eigenvalue weighted by Gasteiger charge is 2.24. The molecule has 0 aliphatic carbocycles. The first-order chi connectivity index (χ1) is 22.3. The highest BCUT2D eigenvalue weighted by atomic mass is 31.2. The minimum atomic E-state index is -4.70. The number of unbranched alkanes of at least 4 members (excludes halogenated alkanes) is 24. The quantitative estimate of drug-likeness (QED) is 0.0303. The molecule has 0 bridgehead atoms. The topological polar surface area (TPSA) is 116 Å². The van der Waals surface area contributed by atoms with Gasteiger partial charge in [-0.2, -0.15) is 0 Å². The number of hydrogen-bond acceptors (Lipinski definition) is 4. The third kappa shape index (κ3) is 34.4. The molecule has 0 fully saturated rings. The number of aliphatic hydroxyl groups excluding tert-OH is 1. The van der Waals surface area contributed by atoms with Crippen molar-refractivity contribution in [2.45, 2.75) is 206 Å². The predicted octanol–water partition coefficient (Wildman–Crippen LogP) is 11.0. The number of amides is 1. The zero-order valence-corrected chi connectivity index (χ0v) is 30.9. The zero-order valence-electron chi connectivity index (χ0n) is 30.0. The van der Waals surface area contributed by atoms with E-state index in [1.807, 2.05) is 6.08 Å². The van der Waals surface area contributed by atoms with E-state index in [2.05, 4.69) is 35.8 Å². The Kier molecular flexibility index (Phi) is 33.2. The highest BCUT2D eigenvalue weighted by molar-refractivity contribution is 7.46. The van der Waals surface area contributed by atoms with E-state index >= 15 is 0 Å². The summed E-state index contributed by atoms with van der Waals surface area (Å²) < 4.78 is 15.8. The molecule has 0 radical (unpaired) electrons. The molecule has 0 unspecified atom stereocenters. The van der Waals surface area contributed by atoms with Crippen LogP contribution >= 0.6 is 7.82 Å². The van der Waals surface area contributed by atoms with Gasteiger partial charge in [-0.3, -0.25) is 9.32 Å². The molecule has 0 saturated heterocycles. The number of nitrogens with one attached hydrogen (secondary N) is 1. The van der Waals surface area contributed by atoms with Crippen molar-refractivity contribution in [1.29, 1.82) is 0 Å². The summed E-state index contributed by atoms with van der Waals surface area (Å²) in [7, 11) is -4.70. The third-order valence-corrected chi connectivity index (χ3v) is 9.14. The molecule has 0 saturated carbocycles. The van der Waals surface area contributed by atoms with Gasteiger partial charge in [0.15, 0.2) is 0 Å². The van der Waals surface area contributed by atoms with Crippen molar-refractivity contribution in [2.24, 2.45) is 0 Å². The van der Waals surface area contributed by atoms with Gasteiger partial charge in [-0.25, -0.2) is 4.57 Å². The van der Waals surface area contributed by atoms with Gasteiger partial charge in [0.25, 0.3) is 0 Å². The number of carbonyl (C=O) groups is 1. The van der Waals surface area contributed by atoms with Crippen LogP contribution < -0.4 is 5.32 Å². The number of carbonyl (C=O) groups excluding carboxylic acids is 1. The molecule has 272 valence electrons. The smallest absolute Gasteiger partial charge is 0.387 e. The van der Waals surface area contributed by atoms with Crippen LogP contribution in [0.2, 0.25) is 0 Å². The lowest BCUT2D eigenvalue weighted by Gasteiger charge is -2.22. The minimum Gasteiger partial charge on any atom is -0.387 e. The molecule has 0 rings (SSSR count). The van der Waals surface area contributed by atoms with Crippen molar-refractivity contribution in [3.05, 3.63) is 24.3 Å². The van der Waals surface area contributed by atoms with Crippen LogP contribution in [0, 0.1) is 0 Å². The van der Waals surface area contributed by atoms with Crippen LogP contribution in [0.15, 0.2) is 24.3 Å². The SMILES string of the molecule is CCCCCCCC/C=C\CCCCCCCCCCCCCC(=O)N[C@@H](COP(=O)(O)O)[C@H](O)/C=C/CCCCCCCCC. The number of phosphoric acid groups is 1. The average molecular weight is 672 g/mol. The van der Waals surface area contributed by atoms with Crippen molar-refractivity contribution in [2.75, 3.05) is 6.61 Å². The van der Waals surface area contributed by atoms with E-state index in [9.17, 15) is 14.5 Å². The Labute approximate surface area is 284 Å². The van der Waals surface area contributed by atoms with Crippen molar-refractivity contribution in [1.82, 2.24) is 5.32 Å². The Morgan fingerprint density at radius 3 is 1.39 bits per heavy atom. The van der Waals surface area contributed by atoms with Crippen molar-refractivity contribution in [3.63, 3.8) is 0 Å². The number of allylic oxidation sites excluding steroid dienone is 3. The molecule has 46 heavy (non-hydrogen) atoms. The van der Waals surface area contributed by atoms with Gasteiger partial charge >= 0.3 is 7.82 Å². The largest absolute Gasteiger partial charge is 0.469 e. The van der Waals surface area contributed by atoms with Gasteiger partial charge in [0.1, 0.15) is 0 Å². The molecule has 0 spiro atoms. The molecule has 7 nitrogen and oxygen atoms in total. The Bertz CT molecular complexity index is 768. The lowest BCUT2D eigenvalue weighted by atomic mass is 10.0. The second-order valence-corrected chi connectivity index (χ2v) is 14.5. The zero-order chi connectivity index (χ0) is 34.0. The summed E-state index contributed by atoms with van der Waals surface area (Å²) in [4.78, 5) is 30.7. The van der Waals surface area contributed by atoms with Crippen LogP contribution in [0.25, 0.3) is 0 Å². The van der Waals surface area contributed by atoms with E-state index in [0.29, 0.717) is 6.42 Å². The van der Waals surface area contributed by atoms with Crippen LogP contribution in [-0.2, 0) is 13.9 Å². The third-order valence-electron chi connectivity index (χ3n) is 8.65. The molecule has 2 atom stereocenters. The summed E-state index contributed by atoms with van der Waals surface area (Å²) in [6.07, 6.45) is 40.7. The summed E-state index contributed by atoms with van der Waals surface area (Å²) in [6, 6.07) is -0.906. The van der Waals surface area contributed by atoms with Crippen molar-refractivity contribution >= 4 is 13.7 Å². The van der Waals surface area contributed by atoms with Gasteiger partial charge in [-0.1, -0.05) is 167 Å².